The topological polar surface area (TPSA) is 84.9 Å². The summed E-state index contributed by atoms with van der Waals surface area (Å²) in [5.74, 6) is 1.17. The van der Waals surface area contributed by atoms with Crippen LogP contribution < -0.4 is 14.2 Å². The summed E-state index contributed by atoms with van der Waals surface area (Å²) >= 11 is 0. The zero-order chi connectivity index (χ0) is 22.3. The van der Waals surface area contributed by atoms with Crippen LogP contribution in [0.2, 0.25) is 0 Å². The Morgan fingerprint density at radius 3 is 2.33 bits per heavy atom. The molecule has 0 fully saturated rings. The zero-order valence-corrected chi connectivity index (χ0v) is 19.0. The van der Waals surface area contributed by atoms with Crippen molar-refractivity contribution in [2.75, 3.05) is 34.4 Å². The molecule has 0 spiro atoms. The molecule has 1 N–H and O–H groups in total. The number of nitrogens with one attached hydrogen (secondary N) is 1. The van der Waals surface area contributed by atoms with Gasteiger partial charge in [-0.15, -0.1) is 0 Å². The van der Waals surface area contributed by atoms with Gasteiger partial charge in [0.2, 0.25) is 15.9 Å². The van der Waals surface area contributed by atoms with Gasteiger partial charge in [-0.25, -0.2) is 13.1 Å². The van der Waals surface area contributed by atoms with Gasteiger partial charge in [-0.3, -0.25) is 4.79 Å². The van der Waals surface area contributed by atoms with Crippen molar-refractivity contribution in [2.45, 2.75) is 31.6 Å². The Labute approximate surface area is 179 Å². The summed E-state index contributed by atoms with van der Waals surface area (Å²) in [6.07, 6.45) is 0.740. The van der Waals surface area contributed by atoms with Crippen molar-refractivity contribution in [2.24, 2.45) is 0 Å². The fourth-order valence-corrected chi connectivity index (χ4v) is 4.02. The molecule has 1 amide bonds. The normalized spacial score (nSPS) is 11.2. The molecular formula is C22H30N2O5S. The molecule has 2 aromatic carbocycles. The second kappa shape index (κ2) is 10.4. The molecule has 164 valence electrons. The molecule has 0 radical (unpaired) electrons. The van der Waals surface area contributed by atoms with Crippen molar-refractivity contribution in [3.05, 3.63) is 53.1 Å². The first-order valence-electron chi connectivity index (χ1n) is 9.69. The van der Waals surface area contributed by atoms with Crippen molar-refractivity contribution < 1.29 is 22.7 Å². The Balaban J connectivity index is 1.85. The van der Waals surface area contributed by atoms with Crippen LogP contribution in [0.25, 0.3) is 0 Å². The van der Waals surface area contributed by atoms with Gasteiger partial charge in [0, 0.05) is 26.6 Å². The van der Waals surface area contributed by atoms with Crippen LogP contribution in [-0.2, 0) is 21.2 Å². The molecule has 0 heterocycles. The number of benzene rings is 2. The Hall–Kier alpha value is -2.58. The van der Waals surface area contributed by atoms with Gasteiger partial charge in [0.05, 0.1) is 19.1 Å². The highest BCUT2D eigenvalue weighted by molar-refractivity contribution is 7.89. The minimum absolute atomic E-state index is 0.0504. The second-order valence-electron chi connectivity index (χ2n) is 7.15. The minimum Gasteiger partial charge on any atom is -0.493 e. The first-order chi connectivity index (χ1) is 14.2. The number of carbonyl (C=O) groups excluding carboxylic acids is 1. The van der Waals surface area contributed by atoms with E-state index in [1.165, 1.54) is 0 Å². The molecule has 0 aliphatic carbocycles. The quantitative estimate of drug-likeness (QED) is 0.622. The van der Waals surface area contributed by atoms with Crippen LogP contribution in [0.1, 0.15) is 23.1 Å². The molecule has 0 saturated heterocycles. The SMILES string of the molecule is COc1ccc(CCN(C)C(=O)CCNS(=O)(=O)c2ccc(C)c(C)c2)cc1OC. The van der Waals surface area contributed by atoms with E-state index in [0.29, 0.717) is 24.5 Å². The lowest BCUT2D eigenvalue weighted by atomic mass is 10.1. The molecule has 0 unspecified atom stereocenters. The second-order valence-corrected chi connectivity index (χ2v) is 8.92. The van der Waals surface area contributed by atoms with E-state index < -0.39 is 10.0 Å². The van der Waals surface area contributed by atoms with E-state index in [1.807, 2.05) is 32.0 Å². The molecule has 0 bridgehead atoms. The molecule has 2 rings (SSSR count). The number of ether oxygens (including phenoxy) is 2. The summed E-state index contributed by atoms with van der Waals surface area (Å²) in [5, 5.41) is 0. The monoisotopic (exact) mass is 434 g/mol. The van der Waals surface area contributed by atoms with Crippen molar-refractivity contribution >= 4 is 15.9 Å². The van der Waals surface area contributed by atoms with Gasteiger partial charge in [0.1, 0.15) is 0 Å². The van der Waals surface area contributed by atoms with Crippen LogP contribution in [0.4, 0.5) is 0 Å². The third-order valence-electron chi connectivity index (χ3n) is 5.03. The van der Waals surface area contributed by atoms with E-state index in [0.717, 1.165) is 16.7 Å². The molecule has 7 nitrogen and oxygen atoms in total. The number of rotatable bonds is 10. The van der Waals surface area contributed by atoms with Gasteiger partial charge in [-0.1, -0.05) is 12.1 Å². The van der Waals surface area contributed by atoms with E-state index in [2.05, 4.69) is 4.72 Å². The number of hydrogen-bond donors (Lipinski definition) is 1. The number of hydrogen-bond acceptors (Lipinski definition) is 5. The highest BCUT2D eigenvalue weighted by atomic mass is 32.2. The van der Waals surface area contributed by atoms with Crippen molar-refractivity contribution in [3.8, 4) is 11.5 Å². The minimum atomic E-state index is -3.64. The summed E-state index contributed by atoms with van der Waals surface area (Å²) in [6, 6.07) is 10.6. The maximum absolute atomic E-state index is 12.4. The number of nitrogens with zero attached hydrogens (tertiary/aromatic N) is 1. The molecule has 30 heavy (non-hydrogen) atoms. The summed E-state index contributed by atoms with van der Waals surface area (Å²) in [4.78, 5) is 14.2. The number of aryl methyl sites for hydroxylation is 2. The molecule has 2 aromatic rings. The highest BCUT2D eigenvalue weighted by Gasteiger charge is 2.16. The molecular weight excluding hydrogens is 404 g/mol. The average Bonchev–Trinajstić information content (AvgIpc) is 2.73. The zero-order valence-electron chi connectivity index (χ0n) is 18.2. The number of likely N-dealkylation sites (N-methyl/N-ethyl adjacent to an activating group) is 1. The van der Waals surface area contributed by atoms with Gasteiger partial charge in [-0.05, 0) is 61.2 Å². The van der Waals surface area contributed by atoms with Gasteiger partial charge in [-0.2, -0.15) is 0 Å². The number of methoxy groups -OCH3 is 2. The van der Waals surface area contributed by atoms with E-state index in [1.54, 1.807) is 44.4 Å². The molecule has 0 aliphatic rings. The fraction of sp³-hybridized carbons (Fsp3) is 0.409. The molecule has 0 aromatic heterocycles. The van der Waals surface area contributed by atoms with Crippen LogP contribution in [-0.4, -0.2) is 53.6 Å². The summed E-state index contributed by atoms with van der Waals surface area (Å²) < 4.78 is 37.8. The van der Waals surface area contributed by atoms with Crippen LogP contribution in [0, 0.1) is 13.8 Å². The number of amides is 1. The standard InChI is InChI=1S/C22H30N2O5S/c1-16-6-8-19(14-17(16)2)30(26,27)23-12-10-22(25)24(3)13-11-18-7-9-20(28-4)21(15-18)29-5/h6-9,14-15,23H,10-13H2,1-5H3. The Morgan fingerprint density at radius 1 is 1.00 bits per heavy atom. The molecule has 0 aliphatic heterocycles. The smallest absolute Gasteiger partial charge is 0.240 e. The summed E-state index contributed by atoms with van der Waals surface area (Å²) in [7, 11) is 1.23. The van der Waals surface area contributed by atoms with Crippen LogP contribution >= 0.6 is 0 Å². The Bertz CT molecular complexity index is 989. The Kier molecular flexibility index (Phi) is 8.25. The van der Waals surface area contributed by atoms with Gasteiger partial charge < -0.3 is 14.4 Å². The lowest BCUT2D eigenvalue weighted by Gasteiger charge is -2.18. The average molecular weight is 435 g/mol. The lowest BCUT2D eigenvalue weighted by molar-refractivity contribution is -0.129. The molecule has 0 atom stereocenters. The van der Waals surface area contributed by atoms with E-state index in [4.69, 9.17) is 9.47 Å². The third-order valence-corrected chi connectivity index (χ3v) is 6.49. The number of sulfonamides is 1. The van der Waals surface area contributed by atoms with Gasteiger partial charge in [0.15, 0.2) is 11.5 Å². The maximum Gasteiger partial charge on any atom is 0.240 e. The number of carbonyl (C=O) groups is 1. The van der Waals surface area contributed by atoms with E-state index in [9.17, 15) is 13.2 Å². The first-order valence-corrected chi connectivity index (χ1v) is 11.2. The largest absolute Gasteiger partial charge is 0.493 e. The van der Waals surface area contributed by atoms with Crippen LogP contribution in [0.5, 0.6) is 11.5 Å². The predicted molar refractivity (Wildman–Crippen MR) is 117 cm³/mol. The molecule has 0 saturated carbocycles. The van der Waals surface area contributed by atoms with E-state index >= 15 is 0 Å². The van der Waals surface area contributed by atoms with Crippen LogP contribution in [0.3, 0.4) is 0 Å². The van der Waals surface area contributed by atoms with Crippen molar-refractivity contribution in [1.82, 2.24) is 9.62 Å². The summed E-state index contributed by atoms with van der Waals surface area (Å²) in [6.45, 7) is 4.36. The molecule has 8 heteroatoms. The Morgan fingerprint density at radius 2 is 1.70 bits per heavy atom. The summed E-state index contributed by atoms with van der Waals surface area (Å²) in [5.41, 5.74) is 2.95. The van der Waals surface area contributed by atoms with Gasteiger partial charge in [0.25, 0.3) is 0 Å². The van der Waals surface area contributed by atoms with Gasteiger partial charge >= 0.3 is 0 Å². The van der Waals surface area contributed by atoms with Crippen LogP contribution in [0.15, 0.2) is 41.3 Å². The van der Waals surface area contributed by atoms with E-state index in [-0.39, 0.29) is 23.8 Å². The van der Waals surface area contributed by atoms with Crippen molar-refractivity contribution in [3.63, 3.8) is 0 Å². The highest BCUT2D eigenvalue weighted by Crippen LogP contribution is 2.27. The first kappa shape index (κ1) is 23.7. The lowest BCUT2D eigenvalue weighted by Crippen LogP contribution is -2.33. The predicted octanol–water partition coefficient (Wildman–Crippen LogP) is 2.69. The fourth-order valence-electron chi connectivity index (χ4n) is 2.91. The maximum atomic E-state index is 12.4. The third kappa shape index (κ3) is 6.21. The van der Waals surface area contributed by atoms with Crippen molar-refractivity contribution in [1.29, 1.82) is 0 Å².